The molecule has 96 valence electrons. The number of halogens is 1. The van der Waals surface area contributed by atoms with Crippen LogP contribution in [0.15, 0.2) is 35.9 Å². The first-order valence-electron chi connectivity index (χ1n) is 6.03. The third-order valence-electron chi connectivity index (χ3n) is 2.01. The van der Waals surface area contributed by atoms with Crippen LogP contribution in [0.2, 0.25) is 0 Å². The highest BCUT2D eigenvalue weighted by Gasteiger charge is 1.93. The number of unbranched alkanes of at least 4 members (excludes halogenated alkanes) is 2. The molecule has 0 rings (SSSR count). The first-order chi connectivity index (χ1) is 8.77. The standard InChI is InChI=1S/C16H19ClO/c1-16(18)14-12-10-8-6-4-2-3-5-7-9-11-13-15-17/h4,6,9,11,13,15-16,18H,8,10,12,14H2,1H3/b6-4-,11-9-,15-13-. The first-order valence-corrected chi connectivity index (χ1v) is 6.47. The lowest BCUT2D eigenvalue weighted by atomic mass is 10.1. The molecule has 0 amide bonds. The highest BCUT2D eigenvalue weighted by Crippen LogP contribution is 2.03. The number of aliphatic hydroxyl groups excluding tert-OH is 1. The molecule has 18 heavy (non-hydrogen) atoms. The summed E-state index contributed by atoms with van der Waals surface area (Å²) in [5.74, 6) is 11.0. The van der Waals surface area contributed by atoms with E-state index in [1.165, 1.54) is 5.54 Å². The van der Waals surface area contributed by atoms with Gasteiger partial charge in [-0.05, 0) is 50.2 Å². The average molecular weight is 263 g/mol. The topological polar surface area (TPSA) is 20.2 Å². The Morgan fingerprint density at radius 2 is 1.83 bits per heavy atom. The Hall–Kier alpha value is -1.41. The van der Waals surface area contributed by atoms with Gasteiger partial charge in [-0.2, -0.15) is 0 Å². The van der Waals surface area contributed by atoms with Crippen LogP contribution in [0.5, 0.6) is 0 Å². The van der Waals surface area contributed by atoms with Gasteiger partial charge in [-0.15, -0.1) is 0 Å². The molecule has 0 aromatic rings. The largest absolute Gasteiger partial charge is 0.393 e. The van der Waals surface area contributed by atoms with Crippen LogP contribution in [-0.2, 0) is 0 Å². The Balaban J connectivity index is 3.63. The van der Waals surface area contributed by atoms with Crippen molar-refractivity contribution in [1.82, 2.24) is 0 Å². The number of rotatable bonds is 6. The second kappa shape index (κ2) is 13.7. The van der Waals surface area contributed by atoms with Gasteiger partial charge in [0.2, 0.25) is 0 Å². The molecule has 1 nitrogen and oxygen atoms in total. The van der Waals surface area contributed by atoms with Crippen molar-refractivity contribution in [2.24, 2.45) is 0 Å². The van der Waals surface area contributed by atoms with E-state index in [0.29, 0.717) is 0 Å². The summed E-state index contributed by atoms with van der Waals surface area (Å²) in [5.41, 5.74) is 1.42. The highest BCUT2D eigenvalue weighted by molar-refractivity contribution is 6.25. The zero-order valence-electron chi connectivity index (χ0n) is 10.7. The van der Waals surface area contributed by atoms with E-state index in [1.807, 2.05) is 19.1 Å². The van der Waals surface area contributed by atoms with Crippen molar-refractivity contribution < 1.29 is 5.11 Å². The number of allylic oxidation sites excluding steroid dienone is 5. The summed E-state index contributed by atoms with van der Waals surface area (Å²) in [6, 6.07) is 0. The fourth-order valence-corrected chi connectivity index (χ4v) is 1.23. The molecule has 2 heteroatoms. The summed E-state index contributed by atoms with van der Waals surface area (Å²) < 4.78 is 0. The van der Waals surface area contributed by atoms with E-state index < -0.39 is 0 Å². The van der Waals surface area contributed by atoms with Crippen molar-refractivity contribution in [3.05, 3.63) is 35.9 Å². The van der Waals surface area contributed by atoms with Crippen LogP contribution >= 0.6 is 11.6 Å². The molecule has 1 atom stereocenters. The minimum absolute atomic E-state index is 0.189. The van der Waals surface area contributed by atoms with Gasteiger partial charge in [0.1, 0.15) is 0 Å². The SMILES string of the molecule is CC(O)CCCC/C=C\C#CC#C/C=C\C=C/Cl. The molecule has 1 unspecified atom stereocenters. The molecule has 0 fully saturated rings. The van der Waals surface area contributed by atoms with Gasteiger partial charge in [0.25, 0.3) is 0 Å². The van der Waals surface area contributed by atoms with E-state index in [1.54, 1.807) is 18.2 Å². The summed E-state index contributed by atoms with van der Waals surface area (Å²) in [6.07, 6.45) is 12.8. The first kappa shape index (κ1) is 16.6. The third-order valence-corrected chi connectivity index (χ3v) is 2.16. The summed E-state index contributed by atoms with van der Waals surface area (Å²) in [4.78, 5) is 0. The summed E-state index contributed by atoms with van der Waals surface area (Å²) in [5, 5.41) is 9.06. The molecule has 0 heterocycles. The lowest BCUT2D eigenvalue weighted by molar-refractivity contribution is 0.181. The molecule has 0 saturated heterocycles. The second-order valence-corrected chi connectivity index (χ2v) is 4.00. The summed E-state index contributed by atoms with van der Waals surface area (Å²) in [7, 11) is 0. The Morgan fingerprint density at radius 3 is 2.50 bits per heavy atom. The van der Waals surface area contributed by atoms with Gasteiger partial charge < -0.3 is 5.11 Å². The monoisotopic (exact) mass is 262 g/mol. The fraction of sp³-hybridized carbons (Fsp3) is 0.375. The molecule has 0 aliphatic rings. The predicted molar refractivity (Wildman–Crippen MR) is 79.0 cm³/mol. The average Bonchev–Trinajstić information content (AvgIpc) is 2.34. The van der Waals surface area contributed by atoms with Gasteiger partial charge in [-0.25, -0.2) is 0 Å². The van der Waals surface area contributed by atoms with Crippen LogP contribution in [0, 0.1) is 23.7 Å². The molecule has 1 N–H and O–H groups in total. The van der Waals surface area contributed by atoms with Crippen molar-refractivity contribution in [1.29, 1.82) is 0 Å². The summed E-state index contributed by atoms with van der Waals surface area (Å²) in [6.45, 7) is 1.82. The zero-order chi connectivity index (χ0) is 13.5. The molecule has 0 radical (unpaired) electrons. The van der Waals surface area contributed by atoms with Crippen LogP contribution < -0.4 is 0 Å². The van der Waals surface area contributed by atoms with Crippen molar-refractivity contribution in [2.45, 2.75) is 38.7 Å². The van der Waals surface area contributed by atoms with Gasteiger partial charge in [-0.1, -0.05) is 48.1 Å². The maximum absolute atomic E-state index is 9.06. The van der Waals surface area contributed by atoms with Crippen LogP contribution in [0.25, 0.3) is 0 Å². The van der Waals surface area contributed by atoms with Crippen molar-refractivity contribution in [3.8, 4) is 23.7 Å². The van der Waals surface area contributed by atoms with Crippen LogP contribution in [0.3, 0.4) is 0 Å². The minimum Gasteiger partial charge on any atom is -0.393 e. The minimum atomic E-state index is -0.189. The van der Waals surface area contributed by atoms with Crippen LogP contribution in [0.4, 0.5) is 0 Å². The third kappa shape index (κ3) is 14.6. The molecule has 0 bridgehead atoms. The quantitative estimate of drug-likeness (QED) is 0.439. The van der Waals surface area contributed by atoms with Gasteiger partial charge >= 0.3 is 0 Å². The van der Waals surface area contributed by atoms with Gasteiger partial charge in [0.15, 0.2) is 0 Å². The molecular weight excluding hydrogens is 244 g/mol. The van der Waals surface area contributed by atoms with Gasteiger partial charge in [0.05, 0.1) is 6.10 Å². The number of hydrogen-bond acceptors (Lipinski definition) is 1. The van der Waals surface area contributed by atoms with Crippen molar-refractivity contribution in [3.63, 3.8) is 0 Å². The van der Waals surface area contributed by atoms with Crippen molar-refractivity contribution >= 4 is 11.6 Å². The zero-order valence-corrected chi connectivity index (χ0v) is 11.5. The number of hydrogen-bond donors (Lipinski definition) is 1. The van der Waals surface area contributed by atoms with Gasteiger partial charge in [-0.3, -0.25) is 0 Å². The number of aliphatic hydroxyl groups is 1. The molecular formula is C16H19ClO. The molecule has 0 aliphatic carbocycles. The van der Waals surface area contributed by atoms with E-state index in [4.69, 9.17) is 16.7 Å². The Bertz CT molecular complexity index is 394. The van der Waals surface area contributed by atoms with E-state index in [-0.39, 0.29) is 6.10 Å². The van der Waals surface area contributed by atoms with E-state index in [9.17, 15) is 0 Å². The lowest BCUT2D eigenvalue weighted by Gasteiger charge is -2.00. The smallest absolute Gasteiger partial charge is 0.0512 e. The van der Waals surface area contributed by atoms with E-state index >= 15 is 0 Å². The maximum Gasteiger partial charge on any atom is 0.0512 e. The molecule has 0 spiro atoms. The van der Waals surface area contributed by atoms with Crippen LogP contribution in [0.1, 0.15) is 32.6 Å². The second-order valence-electron chi connectivity index (χ2n) is 3.75. The van der Waals surface area contributed by atoms with Crippen molar-refractivity contribution in [2.75, 3.05) is 0 Å². The maximum atomic E-state index is 9.06. The molecule has 0 aliphatic heterocycles. The lowest BCUT2D eigenvalue weighted by Crippen LogP contribution is -1.97. The highest BCUT2D eigenvalue weighted by atomic mass is 35.5. The molecule has 0 aromatic heterocycles. The summed E-state index contributed by atoms with van der Waals surface area (Å²) >= 11 is 5.32. The van der Waals surface area contributed by atoms with E-state index in [0.717, 1.165) is 25.7 Å². The predicted octanol–water partition coefficient (Wildman–Crippen LogP) is 3.80. The van der Waals surface area contributed by atoms with Crippen LogP contribution in [-0.4, -0.2) is 11.2 Å². The van der Waals surface area contributed by atoms with Gasteiger partial charge in [0, 0.05) is 5.54 Å². The molecule has 0 aromatic carbocycles. The Kier molecular flexibility index (Phi) is 12.6. The van der Waals surface area contributed by atoms with E-state index in [2.05, 4.69) is 23.7 Å². The Labute approximate surface area is 115 Å². The molecule has 0 saturated carbocycles. The Morgan fingerprint density at radius 1 is 1.11 bits per heavy atom. The fourth-order valence-electron chi connectivity index (χ4n) is 1.15. The normalized spacial score (nSPS) is 12.4.